The van der Waals surface area contributed by atoms with E-state index in [2.05, 4.69) is 43.5 Å². The van der Waals surface area contributed by atoms with Crippen molar-refractivity contribution in [3.8, 4) is 0 Å². The smallest absolute Gasteiger partial charge is 0.472 e. The van der Waals surface area contributed by atoms with Gasteiger partial charge in [-0.15, -0.1) is 0 Å². The average Bonchev–Trinajstić information content (AvgIpc) is 3.11. The number of allylic oxidation sites excluding steroid dienone is 4. The molecule has 0 aliphatic carbocycles. The summed E-state index contributed by atoms with van der Waals surface area (Å²) in [5, 5.41) is 21.7. The Hall–Kier alpha value is -2.04. The van der Waals surface area contributed by atoms with E-state index in [1.54, 1.807) is 0 Å². The van der Waals surface area contributed by atoms with Gasteiger partial charge in [0.2, 0.25) is 5.91 Å². The lowest BCUT2D eigenvalue weighted by Gasteiger charge is -2.18. The summed E-state index contributed by atoms with van der Waals surface area (Å²) in [6.45, 7) is 2.52. The molecule has 0 saturated heterocycles. The van der Waals surface area contributed by atoms with Crippen molar-refractivity contribution in [1.82, 2.24) is 5.32 Å². The zero-order valence-electron chi connectivity index (χ0n) is 32.6. The van der Waals surface area contributed by atoms with Gasteiger partial charge >= 0.3 is 19.8 Å². The molecule has 0 saturated carbocycles. The van der Waals surface area contributed by atoms with E-state index >= 15 is 0 Å². The Morgan fingerprint density at radius 2 is 1.06 bits per heavy atom. The van der Waals surface area contributed by atoms with Crippen LogP contribution >= 0.6 is 7.82 Å². The maximum absolute atomic E-state index is 12.2. The Kier molecular flexibility index (Phi) is 34.6. The van der Waals surface area contributed by atoms with Crippen LogP contribution in [-0.2, 0) is 32.7 Å². The number of aliphatic carboxylic acids is 1. The summed E-state index contributed by atoms with van der Waals surface area (Å²) in [7, 11) is -4.74. The van der Waals surface area contributed by atoms with Gasteiger partial charge in [-0.1, -0.05) is 147 Å². The highest BCUT2D eigenvalue weighted by molar-refractivity contribution is 7.47. The van der Waals surface area contributed by atoms with Crippen LogP contribution in [0.25, 0.3) is 0 Å². The van der Waals surface area contributed by atoms with Crippen molar-refractivity contribution in [2.75, 3.05) is 19.8 Å². The number of carboxylic acid groups (broad SMARTS) is 1. The van der Waals surface area contributed by atoms with Crippen molar-refractivity contribution in [1.29, 1.82) is 0 Å². The number of phosphoric acid groups is 1. The number of carboxylic acids is 1. The van der Waals surface area contributed by atoms with Crippen molar-refractivity contribution < 1.29 is 47.8 Å². The molecule has 0 aromatic carbocycles. The SMILES string of the molecule is CCCCC/C=C\C/C=C\CCCCCCCCCCCC(=O)OCC(O)COP(=O)(O)OCC(NC(=O)CCCCCCCCCCC)C(=O)O. The molecule has 0 spiro atoms. The van der Waals surface area contributed by atoms with Gasteiger partial charge in [0.05, 0.1) is 13.2 Å². The van der Waals surface area contributed by atoms with Crippen LogP contribution in [0.5, 0.6) is 0 Å². The first-order chi connectivity index (χ1) is 25.1. The molecule has 4 N–H and O–H groups in total. The highest BCUT2D eigenvalue weighted by atomic mass is 31.2. The van der Waals surface area contributed by atoms with Crippen molar-refractivity contribution in [3.63, 3.8) is 0 Å². The molecule has 12 heteroatoms. The fourth-order valence-corrected chi connectivity index (χ4v) is 6.29. The van der Waals surface area contributed by atoms with Gasteiger partial charge in [-0.3, -0.25) is 18.6 Å². The number of carbonyl (C=O) groups excluding carboxylic acids is 2. The third-order valence-electron chi connectivity index (χ3n) is 8.74. The molecule has 3 atom stereocenters. The molecule has 304 valence electrons. The molecular weight excluding hydrogens is 685 g/mol. The third-order valence-corrected chi connectivity index (χ3v) is 9.69. The van der Waals surface area contributed by atoms with E-state index in [4.69, 9.17) is 13.8 Å². The summed E-state index contributed by atoms with van der Waals surface area (Å²) in [4.78, 5) is 45.6. The lowest BCUT2D eigenvalue weighted by atomic mass is 10.1. The van der Waals surface area contributed by atoms with E-state index in [0.29, 0.717) is 12.8 Å². The predicted octanol–water partition coefficient (Wildman–Crippen LogP) is 9.89. The van der Waals surface area contributed by atoms with E-state index < -0.39 is 57.6 Å². The van der Waals surface area contributed by atoms with Gasteiger partial charge in [0, 0.05) is 12.8 Å². The predicted molar refractivity (Wildman–Crippen MR) is 208 cm³/mol. The standard InChI is InChI=1S/C40H74NO10P/c1-3-5-7-9-11-13-14-15-16-17-18-19-20-21-22-24-26-28-30-32-39(44)49-33-36(42)34-50-52(47,48)51-35-37(40(45)46)41-38(43)31-29-27-25-23-12-10-8-6-4-2/h11,13,15-16,36-37,42H,3-10,12,14,17-35H2,1-2H3,(H,41,43)(H,45,46)(H,47,48)/b13-11-,16-15-. The fourth-order valence-electron chi connectivity index (χ4n) is 5.52. The zero-order valence-corrected chi connectivity index (χ0v) is 33.5. The second kappa shape index (κ2) is 36.0. The Balaban J connectivity index is 3.87. The fraction of sp³-hybridized carbons (Fsp3) is 0.825. The summed E-state index contributed by atoms with van der Waals surface area (Å²) in [5.74, 6) is -2.38. The number of phosphoric ester groups is 1. The van der Waals surface area contributed by atoms with Crippen molar-refractivity contribution in [2.24, 2.45) is 0 Å². The van der Waals surface area contributed by atoms with Gasteiger partial charge in [0.25, 0.3) is 0 Å². The van der Waals surface area contributed by atoms with E-state index in [0.717, 1.165) is 51.4 Å². The molecule has 3 unspecified atom stereocenters. The van der Waals surface area contributed by atoms with E-state index in [-0.39, 0.29) is 12.8 Å². The van der Waals surface area contributed by atoms with Gasteiger partial charge < -0.3 is 25.2 Å². The van der Waals surface area contributed by atoms with Gasteiger partial charge in [-0.2, -0.15) is 0 Å². The molecule has 0 radical (unpaired) electrons. The molecule has 0 aromatic rings. The third kappa shape index (κ3) is 35.0. The minimum Gasteiger partial charge on any atom is -0.480 e. The minimum atomic E-state index is -4.74. The molecule has 0 heterocycles. The number of carbonyl (C=O) groups is 3. The highest BCUT2D eigenvalue weighted by Crippen LogP contribution is 2.43. The number of nitrogens with one attached hydrogen (secondary N) is 1. The first kappa shape index (κ1) is 50.0. The topological polar surface area (TPSA) is 169 Å². The number of rotatable bonds is 38. The van der Waals surface area contributed by atoms with E-state index in [1.165, 1.54) is 89.9 Å². The molecule has 0 bridgehead atoms. The zero-order chi connectivity index (χ0) is 38.5. The van der Waals surface area contributed by atoms with Crippen molar-refractivity contribution in [2.45, 2.75) is 193 Å². The summed E-state index contributed by atoms with van der Waals surface area (Å²) >= 11 is 0. The van der Waals surface area contributed by atoms with Crippen LogP contribution in [0, 0.1) is 0 Å². The second-order valence-corrected chi connectivity index (χ2v) is 15.3. The monoisotopic (exact) mass is 760 g/mol. The van der Waals surface area contributed by atoms with E-state index in [1.807, 2.05) is 0 Å². The number of ether oxygens (including phenoxy) is 1. The largest absolute Gasteiger partial charge is 0.480 e. The summed E-state index contributed by atoms with van der Waals surface area (Å²) in [6.07, 6.45) is 35.0. The van der Waals surface area contributed by atoms with Crippen LogP contribution in [0.2, 0.25) is 0 Å². The number of hydrogen-bond acceptors (Lipinski definition) is 8. The molecule has 0 fully saturated rings. The highest BCUT2D eigenvalue weighted by Gasteiger charge is 2.28. The maximum atomic E-state index is 12.2. The van der Waals surface area contributed by atoms with Gasteiger partial charge in [0.15, 0.2) is 6.04 Å². The molecule has 0 rings (SSSR count). The molecule has 0 aliphatic rings. The Morgan fingerprint density at radius 1 is 0.615 bits per heavy atom. The number of hydrogen-bond donors (Lipinski definition) is 4. The molecule has 0 aliphatic heterocycles. The van der Waals surface area contributed by atoms with Crippen LogP contribution in [0.3, 0.4) is 0 Å². The summed E-state index contributed by atoms with van der Waals surface area (Å²) in [5.41, 5.74) is 0. The number of esters is 1. The first-order valence-electron chi connectivity index (χ1n) is 20.4. The quantitative estimate of drug-likeness (QED) is 0.0206. The van der Waals surface area contributed by atoms with Crippen LogP contribution in [0.1, 0.15) is 181 Å². The summed E-state index contributed by atoms with van der Waals surface area (Å²) < 4.78 is 26.7. The maximum Gasteiger partial charge on any atom is 0.472 e. The first-order valence-corrected chi connectivity index (χ1v) is 21.9. The van der Waals surface area contributed by atoms with Gasteiger partial charge in [0.1, 0.15) is 12.7 Å². The average molecular weight is 760 g/mol. The Bertz CT molecular complexity index is 989. The van der Waals surface area contributed by atoms with E-state index in [9.17, 15) is 34.1 Å². The molecule has 0 aromatic heterocycles. The molecule has 52 heavy (non-hydrogen) atoms. The van der Waals surface area contributed by atoms with Crippen molar-refractivity contribution >= 4 is 25.7 Å². The lowest BCUT2D eigenvalue weighted by molar-refractivity contribution is -0.147. The second-order valence-electron chi connectivity index (χ2n) is 13.8. The van der Waals surface area contributed by atoms with Crippen LogP contribution in [0.4, 0.5) is 0 Å². The Labute approximate surface area is 315 Å². The van der Waals surface area contributed by atoms with Crippen LogP contribution in [-0.4, -0.2) is 64.9 Å². The summed E-state index contributed by atoms with van der Waals surface area (Å²) in [6, 6.07) is -1.54. The van der Waals surface area contributed by atoms with Crippen molar-refractivity contribution in [3.05, 3.63) is 24.3 Å². The van der Waals surface area contributed by atoms with Crippen LogP contribution < -0.4 is 5.32 Å². The van der Waals surface area contributed by atoms with Gasteiger partial charge in [-0.25, -0.2) is 9.36 Å². The number of unbranched alkanes of at least 4 members (excludes halogenated alkanes) is 20. The van der Waals surface area contributed by atoms with Gasteiger partial charge in [-0.05, 0) is 44.9 Å². The minimum absolute atomic E-state index is 0.147. The molecular formula is C40H74NO10P. The number of amides is 1. The van der Waals surface area contributed by atoms with Crippen LogP contribution in [0.15, 0.2) is 24.3 Å². The molecule has 1 amide bonds. The Morgan fingerprint density at radius 3 is 1.60 bits per heavy atom. The lowest BCUT2D eigenvalue weighted by Crippen LogP contribution is -2.43. The number of aliphatic hydroxyl groups is 1. The normalized spacial score (nSPS) is 14.1. The molecule has 11 nitrogen and oxygen atoms in total. The number of aliphatic hydroxyl groups excluding tert-OH is 1.